The number of anilines is 1. The van der Waals surface area contributed by atoms with Gasteiger partial charge in [0.2, 0.25) is 5.91 Å². The number of hydrogen-bond acceptors (Lipinski definition) is 4. The van der Waals surface area contributed by atoms with Crippen LogP contribution in [0.1, 0.15) is 32.8 Å². The Bertz CT molecular complexity index is 509. The van der Waals surface area contributed by atoms with Crippen molar-refractivity contribution in [2.75, 3.05) is 18.5 Å². The van der Waals surface area contributed by atoms with Crippen LogP contribution in [0.5, 0.6) is 5.75 Å². The van der Waals surface area contributed by atoms with Crippen LogP contribution >= 0.6 is 0 Å². The molecule has 1 aliphatic rings. The molecule has 0 saturated heterocycles. The van der Waals surface area contributed by atoms with Crippen molar-refractivity contribution in [1.82, 2.24) is 5.32 Å². The minimum atomic E-state index is -0.556. The Balaban J connectivity index is 1.85. The van der Waals surface area contributed by atoms with Crippen LogP contribution in [0.4, 0.5) is 5.69 Å². The maximum absolute atomic E-state index is 11.3. The molecule has 0 radical (unpaired) electrons. The average molecular weight is 292 g/mol. The first kappa shape index (κ1) is 15.8. The van der Waals surface area contributed by atoms with Crippen molar-refractivity contribution in [3.63, 3.8) is 0 Å². The van der Waals surface area contributed by atoms with Gasteiger partial charge in [0, 0.05) is 24.2 Å². The molecule has 1 aromatic rings. The highest BCUT2D eigenvalue weighted by molar-refractivity contribution is 5.93. The Morgan fingerprint density at radius 1 is 1.38 bits per heavy atom. The number of hydrogen-bond donors (Lipinski definition) is 3. The van der Waals surface area contributed by atoms with Gasteiger partial charge in [0.25, 0.3) is 0 Å². The molecule has 1 unspecified atom stereocenters. The number of ether oxygens (including phenoxy) is 1. The molecule has 1 aromatic carbocycles. The highest BCUT2D eigenvalue weighted by atomic mass is 16.5. The first-order valence-electron chi connectivity index (χ1n) is 7.32. The smallest absolute Gasteiger partial charge is 0.224 e. The summed E-state index contributed by atoms with van der Waals surface area (Å²) in [6.45, 7) is 6.90. The van der Waals surface area contributed by atoms with Gasteiger partial charge in [-0.05, 0) is 51.0 Å². The lowest BCUT2D eigenvalue weighted by Gasteiger charge is -2.23. The molecule has 0 saturated carbocycles. The molecule has 5 heteroatoms. The Labute approximate surface area is 125 Å². The van der Waals surface area contributed by atoms with Crippen LogP contribution in [-0.4, -0.2) is 35.8 Å². The molecule has 1 heterocycles. The highest BCUT2D eigenvalue weighted by Crippen LogP contribution is 2.26. The molecular weight excluding hydrogens is 268 g/mol. The Kier molecular flexibility index (Phi) is 4.85. The van der Waals surface area contributed by atoms with E-state index in [0.717, 1.165) is 23.4 Å². The zero-order chi connectivity index (χ0) is 15.5. The number of carbonyl (C=O) groups is 1. The van der Waals surface area contributed by atoms with Crippen LogP contribution in [0.25, 0.3) is 0 Å². The van der Waals surface area contributed by atoms with E-state index in [9.17, 15) is 9.90 Å². The number of rotatable bonds is 5. The number of carbonyl (C=O) groups excluding carboxylic acids is 1. The molecule has 0 fully saturated rings. The highest BCUT2D eigenvalue weighted by Gasteiger charge is 2.16. The number of aliphatic hydroxyl groups excluding tert-OH is 1. The average Bonchev–Trinajstić information content (AvgIpc) is 2.42. The monoisotopic (exact) mass is 292 g/mol. The Hall–Kier alpha value is -1.59. The number of nitrogens with one attached hydrogen (secondary N) is 2. The number of β-amino-alcohol motifs (C(OH)–C–C–N with tert-alkyl or cyclic N) is 1. The van der Waals surface area contributed by atoms with E-state index in [-0.39, 0.29) is 18.1 Å². The lowest BCUT2D eigenvalue weighted by atomic mass is 10.0. The summed E-state index contributed by atoms with van der Waals surface area (Å²) in [6, 6.07) is 5.59. The van der Waals surface area contributed by atoms with Crippen molar-refractivity contribution in [3.05, 3.63) is 23.8 Å². The van der Waals surface area contributed by atoms with E-state index < -0.39 is 6.10 Å². The first-order chi connectivity index (χ1) is 9.83. The zero-order valence-corrected chi connectivity index (χ0v) is 12.9. The molecule has 0 aliphatic carbocycles. The molecule has 116 valence electrons. The van der Waals surface area contributed by atoms with E-state index >= 15 is 0 Å². The van der Waals surface area contributed by atoms with Crippen LogP contribution in [0, 0.1) is 0 Å². The maximum atomic E-state index is 11.3. The van der Waals surface area contributed by atoms with Crippen LogP contribution < -0.4 is 15.4 Å². The van der Waals surface area contributed by atoms with Gasteiger partial charge in [0.15, 0.2) is 0 Å². The second-order valence-electron chi connectivity index (χ2n) is 6.46. The number of fused-ring (bicyclic) bond motifs is 1. The van der Waals surface area contributed by atoms with Crippen LogP contribution in [-0.2, 0) is 11.2 Å². The van der Waals surface area contributed by atoms with Gasteiger partial charge >= 0.3 is 0 Å². The Morgan fingerprint density at radius 2 is 2.14 bits per heavy atom. The topological polar surface area (TPSA) is 70.6 Å². The third-order valence-corrected chi connectivity index (χ3v) is 3.28. The summed E-state index contributed by atoms with van der Waals surface area (Å²) < 4.78 is 5.62. The van der Waals surface area contributed by atoms with E-state index in [0.29, 0.717) is 13.0 Å². The summed E-state index contributed by atoms with van der Waals surface area (Å²) in [5.74, 6) is 0.777. The second kappa shape index (κ2) is 6.45. The van der Waals surface area contributed by atoms with Gasteiger partial charge in [-0.3, -0.25) is 4.79 Å². The van der Waals surface area contributed by atoms with Gasteiger partial charge in [0.05, 0.1) is 0 Å². The minimum Gasteiger partial charge on any atom is -0.491 e. The van der Waals surface area contributed by atoms with Crippen molar-refractivity contribution in [2.45, 2.75) is 45.3 Å². The number of benzene rings is 1. The fourth-order valence-corrected chi connectivity index (χ4v) is 2.12. The van der Waals surface area contributed by atoms with Crippen LogP contribution in [0.2, 0.25) is 0 Å². The predicted molar refractivity (Wildman–Crippen MR) is 82.7 cm³/mol. The fraction of sp³-hybridized carbons (Fsp3) is 0.562. The van der Waals surface area contributed by atoms with Gasteiger partial charge in [-0.25, -0.2) is 0 Å². The van der Waals surface area contributed by atoms with E-state index in [1.54, 1.807) is 0 Å². The minimum absolute atomic E-state index is 0.0228. The van der Waals surface area contributed by atoms with E-state index in [4.69, 9.17) is 4.74 Å². The summed E-state index contributed by atoms with van der Waals surface area (Å²) in [5, 5.41) is 16.0. The molecule has 1 atom stereocenters. The van der Waals surface area contributed by atoms with Gasteiger partial charge in [0.1, 0.15) is 18.5 Å². The van der Waals surface area contributed by atoms with Crippen LogP contribution in [0.15, 0.2) is 18.2 Å². The van der Waals surface area contributed by atoms with Gasteiger partial charge in [-0.1, -0.05) is 0 Å². The molecule has 21 heavy (non-hydrogen) atoms. The largest absolute Gasteiger partial charge is 0.491 e. The summed E-state index contributed by atoms with van der Waals surface area (Å²) in [7, 11) is 0. The zero-order valence-electron chi connectivity index (χ0n) is 12.9. The standard InChI is InChI=1S/C16H24N2O3/c1-16(2,3)17-9-12(19)10-21-13-5-6-14-11(8-13)4-7-15(20)18-14/h5-6,8,12,17,19H,4,7,9-10H2,1-3H3,(H,18,20). The molecule has 1 amide bonds. The normalized spacial score (nSPS) is 16.1. The van der Waals surface area contributed by atoms with Gasteiger partial charge in [-0.2, -0.15) is 0 Å². The maximum Gasteiger partial charge on any atom is 0.224 e. The SMILES string of the molecule is CC(C)(C)NCC(O)COc1ccc2c(c1)CCC(=O)N2. The molecule has 0 spiro atoms. The fourth-order valence-electron chi connectivity index (χ4n) is 2.12. The lowest BCUT2D eigenvalue weighted by molar-refractivity contribution is -0.116. The summed E-state index contributed by atoms with van der Waals surface area (Å²) in [5.41, 5.74) is 1.91. The van der Waals surface area contributed by atoms with E-state index in [1.807, 2.05) is 18.2 Å². The quantitative estimate of drug-likeness (QED) is 0.772. The second-order valence-corrected chi connectivity index (χ2v) is 6.46. The molecular formula is C16H24N2O3. The van der Waals surface area contributed by atoms with Crippen molar-refractivity contribution >= 4 is 11.6 Å². The first-order valence-corrected chi connectivity index (χ1v) is 7.32. The van der Waals surface area contributed by atoms with Crippen molar-refractivity contribution in [2.24, 2.45) is 0 Å². The molecule has 1 aliphatic heterocycles. The number of aliphatic hydroxyl groups is 1. The number of aryl methyl sites for hydroxylation is 1. The lowest BCUT2D eigenvalue weighted by Crippen LogP contribution is -2.42. The summed E-state index contributed by atoms with van der Waals surface area (Å²) >= 11 is 0. The molecule has 2 rings (SSSR count). The van der Waals surface area contributed by atoms with Crippen molar-refractivity contribution in [1.29, 1.82) is 0 Å². The van der Waals surface area contributed by atoms with E-state index in [2.05, 4.69) is 31.4 Å². The Morgan fingerprint density at radius 3 is 2.86 bits per heavy atom. The molecule has 0 aromatic heterocycles. The van der Waals surface area contributed by atoms with Gasteiger partial charge < -0.3 is 20.5 Å². The van der Waals surface area contributed by atoms with Crippen molar-refractivity contribution < 1.29 is 14.6 Å². The van der Waals surface area contributed by atoms with Gasteiger partial charge in [-0.15, -0.1) is 0 Å². The van der Waals surface area contributed by atoms with Crippen molar-refractivity contribution in [3.8, 4) is 5.75 Å². The summed E-state index contributed by atoms with van der Waals surface area (Å²) in [4.78, 5) is 11.3. The third kappa shape index (κ3) is 5.02. The molecule has 3 N–H and O–H groups in total. The predicted octanol–water partition coefficient (Wildman–Crippen LogP) is 1.70. The molecule has 0 bridgehead atoms. The summed E-state index contributed by atoms with van der Waals surface area (Å²) in [6.07, 6.45) is 0.682. The van der Waals surface area contributed by atoms with E-state index in [1.165, 1.54) is 0 Å². The van der Waals surface area contributed by atoms with Crippen LogP contribution in [0.3, 0.4) is 0 Å². The number of amides is 1. The molecule has 5 nitrogen and oxygen atoms in total. The third-order valence-electron chi connectivity index (χ3n) is 3.28.